The smallest absolute Gasteiger partial charge is 0.120 e. The zero-order valence-electron chi connectivity index (χ0n) is 41.9. The van der Waals surface area contributed by atoms with Crippen molar-refractivity contribution in [3.05, 3.63) is 178 Å². The van der Waals surface area contributed by atoms with Crippen molar-refractivity contribution in [1.29, 1.82) is 5.41 Å². The average molecular weight is 1330 g/mol. The molecule has 12 rings (SSSR count). The summed E-state index contributed by atoms with van der Waals surface area (Å²) in [7, 11) is 0. The summed E-state index contributed by atoms with van der Waals surface area (Å²) in [6, 6.07) is 32.0. The number of halogens is 5. The SMILES string of the molecule is CC(=C/C(=N)c1ccc(-c2cc(C)ccn2)c2nc3c(nc12)c1nc2c(-c4cc(C)cc(Br)n4)ccc(-c4cc(C)cc(Br)n4)c2nc1c1nc2c(-c4cc(C)cc(Br)n4)ccc(-c4cc(C)cc(Br)n4)c2nc31)/C=C/Br. The Labute approximate surface area is 483 Å². The molecule has 0 amide bonds. The summed E-state index contributed by atoms with van der Waals surface area (Å²) in [5.41, 5.74) is 19.8. The Kier molecular flexibility index (Phi) is 13.2. The van der Waals surface area contributed by atoms with Crippen LogP contribution in [0.3, 0.4) is 0 Å². The van der Waals surface area contributed by atoms with E-state index in [1.54, 1.807) is 11.2 Å². The molecular weight excluding hydrogens is 1290 g/mol. The van der Waals surface area contributed by atoms with Gasteiger partial charge in [-0.25, -0.2) is 49.8 Å². The zero-order chi connectivity index (χ0) is 53.6. The second-order valence-electron chi connectivity index (χ2n) is 19.1. The predicted octanol–water partition coefficient (Wildman–Crippen LogP) is 17.1. The Morgan fingerprint density at radius 3 is 1.03 bits per heavy atom. The number of aromatic nitrogens is 11. The molecule has 0 saturated carbocycles. The minimum Gasteiger partial charge on any atom is -0.300 e. The fourth-order valence-electron chi connectivity index (χ4n) is 9.84. The van der Waals surface area contributed by atoms with Crippen LogP contribution in [-0.2, 0) is 0 Å². The van der Waals surface area contributed by atoms with Crippen LogP contribution in [-0.4, -0.2) is 60.5 Å². The lowest BCUT2D eigenvalue weighted by molar-refractivity contribution is 1.23. The fourth-order valence-corrected chi connectivity index (χ4v) is 12.5. The lowest BCUT2D eigenvalue weighted by Gasteiger charge is -2.17. The van der Waals surface area contributed by atoms with Crippen LogP contribution in [0.2, 0.25) is 0 Å². The molecule has 0 unspecified atom stereocenters. The lowest BCUT2D eigenvalue weighted by Crippen LogP contribution is -2.05. The summed E-state index contributed by atoms with van der Waals surface area (Å²) in [5.74, 6) is 0. The summed E-state index contributed by atoms with van der Waals surface area (Å²) in [4.78, 5) is 60.5. The summed E-state index contributed by atoms with van der Waals surface area (Å²) >= 11 is 18.1. The van der Waals surface area contributed by atoms with Gasteiger partial charge in [0, 0.05) is 39.6 Å². The molecule has 17 heteroatoms. The van der Waals surface area contributed by atoms with Crippen LogP contribution < -0.4 is 0 Å². The molecule has 12 nitrogen and oxygen atoms in total. The van der Waals surface area contributed by atoms with Gasteiger partial charge in [0.05, 0.1) is 67.3 Å². The van der Waals surface area contributed by atoms with Gasteiger partial charge in [-0.2, -0.15) is 0 Å². The molecule has 1 N–H and O–H groups in total. The van der Waals surface area contributed by atoms with Gasteiger partial charge in [0.2, 0.25) is 0 Å². The number of aryl methyl sites for hydroxylation is 5. The molecule has 0 fully saturated rings. The Hall–Kier alpha value is -7.02. The second kappa shape index (κ2) is 20.1. The number of hydrogen-bond acceptors (Lipinski definition) is 12. The topological polar surface area (TPSA) is 166 Å². The van der Waals surface area contributed by atoms with Gasteiger partial charge >= 0.3 is 0 Å². The van der Waals surface area contributed by atoms with Gasteiger partial charge in [-0.1, -0.05) is 22.0 Å². The van der Waals surface area contributed by atoms with Gasteiger partial charge in [0.1, 0.15) is 51.5 Å². The normalized spacial score (nSPS) is 12.2. The molecule has 8 heterocycles. The van der Waals surface area contributed by atoms with E-state index < -0.39 is 0 Å². The number of nitrogens with zero attached hydrogens (tertiary/aromatic N) is 11. The van der Waals surface area contributed by atoms with Crippen molar-refractivity contribution in [2.75, 3.05) is 0 Å². The highest BCUT2D eigenvalue weighted by Gasteiger charge is 2.26. The molecule has 0 radical (unpaired) electrons. The lowest BCUT2D eigenvalue weighted by atomic mass is 9.99. The summed E-state index contributed by atoms with van der Waals surface area (Å²) in [5, 5.41) is 9.58. The first-order chi connectivity index (χ1) is 37.1. The van der Waals surface area contributed by atoms with Crippen molar-refractivity contribution in [2.45, 2.75) is 41.5 Å². The first-order valence-corrected chi connectivity index (χ1v) is 28.3. The van der Waals surface area contributed by atoms with E-state index in [0.717, 1.165) is 61.2 Å². The number of allylic oxidation sites excluding steroid dienone is 3. The fraction of sp³-hybridized carbons (Fsp3) is 0.100. The molecule has 0 bridgehead atoms. The maximum atomic E-state index is 9.58. The van der Waals surface area contributed by atoms with E-state index in [1.807, 2.05) is 151 Å². The van der Waals surface area contributed by atoms with Crippen molar-refractivity contribution >= 4 is 152 Å². The number of pyridine rings is 5. The van der Waals surface area contributed by atoms with Crippen molar-refractivity contribution in [3.63, 3.8) is 0 Å². The van der Waals surface area contributed by atoms with Crippen LogP contribution in [0.15, 0.2) is 144 Å². The van der Waals surface area contributed by atoms with Gasteiger partial charge in [-0.15, -0.1) is 0 Å². The Morgan fingerprint density at radius 2 is 0.688 bits per heavy atom. The number of hydrogen-bond donors (Lipinski definition) is 1. The number of benzene rings is 4. The van der Waals surface area contributed by atoms with E-state index in [-0.39, 0.29) is 5.71 Å². The maximum absolute atomic E-state index is 9.58. The standard InChI is InChI=1S/C60H39Br5N12/c1-27(13-15-61)17-39(66)33-7-8-34(40-18-28(2)14-16-67-40)50-49(33)72-55-56(73-50)58-60(77-54-38(44-22-32(6)26-48(65)71-44)12-11-37(53(54)75-58)43-21-31(5)25-47(64)70-43)59-57(55)74-51-35(41-19-29(3)23-45(62)68-41)9-10-36(52(51)76-59)42-20-30(4)24-46(63)69-42/h7-26,66H,1-6H3/b15-13+,27-17-,66-39?. The average Bonchev–Trinajstić information content (AvgIpc) is 3.58. The Morgan fingerprint density at radius 1 is 0.377 bits per heavy atom. The van der Waals surface area contributed by atoms with Gasteiger partial charge < -0.3 is 5.41 Å². The number of rotatable bonds is 8. The van der Waals surface area contributed by atoms with E-state index in [0.29, 0.717) is 119 Å². The highest BCUT2D eigenvalue weighted by Crippen LogP contribution is 2.42. The van der Waals surface area contributed by atoms with Crippen LogP contribution in [0.1, 0.15) is 40.3 Å². The highest BCUT2D eigenvalue weighted by atomic mass is 79.9. The molecule has 0 atom stereocenters. The van der Waals surface area contributed by atoms with E-state index in [4.69, 9.17) is 54.8 Å². The molecule has 4 aromatic carbocycles. The minimum absolute atomic E-state index is 0.244. The van der Waals surface area contributed by atoms with Crippen LogP contribution in [0, 0.1) is 40.0 Å². The van der Waals surface area contributed by atoms with Crippen LogP contribution >= 0.6 is 79.6 Å². The number of nitrogens with one attached hydrogen (secondary N) is 1. The monoisotopic (exact) mass is 1320 g/mol. The van der Waals surface area contributed by atoms with Crippen LogP contribution in [0.25, 0.3) is 122 Å². The maximum Gasteiger partial charge on any atom is 0.120 e. The van der Waals surface area contributed by atoms with Gasteiger partial charge in [0.25, 0.3) is 0 Å². The van der Waals surface area contributed by atoms with Gasteiger partial charge in [-0.05, 0) is 247 Å². The molecular formula is C60H39Br5N12. The molecule has 0 spiro atoms. The molecule has 0 aliphatic carbocycles. The van der Waals surface area contributed by atoms with Crippen LogP contribution in [0.5, 0.6) is 0 Å². The molecule has 77 heavy (non-hydrogen) atoms. The third-order valence-corrected chi connectivity index (χ3v) is 15.1. The quantitative estimate of drug-likeness (QED) is 0.0506. The van der Waals surface area contributed by atoms with Crippen molar-refractivity contribution in [3.8, 4) is 56.3 Å². The molecule has 0 aliphatic rings. The molecule has 0 saturated heterocycles. The second-order valence-corrected chi connectivity index (χ2v) is 22.8. The molecule has 8 aromatic heterocycles. The number of fused-ring (bicyclic) bond motifs is 9. The summed E-state index contributed by atoms with van der Waals surface area (Å²) < 4.78 is 2.74. The largest absolute Gasteiger partial charge is 0.300 e. The molecule has 12 aromatic rings. The van der Waals surface area contributed by atoms with E-state index in [1.165, 1.54) is 0 Å². The highest BCUT2D eigenvalue weighted by molar-refractivity contribution is 9.11. The first kappa shape index (κ1) is 50.8. The first-order valence-electron chi connectivity index (χ1n) is 24.2. The summed E-state index contributed by atoms with van der Waals surface area (Å²) in [6.45, 7) is 12.1. The third kappa shape index (κ3) is 9.45. The van der Waals surface area contributed by atoms with E-state index in [9.17, 15) is 5.41 Å². The van der Waals surface area contributed by atoms with Gasteiger partial charge in [0.15, 0.2) is 0 Å². The Bertz CT molecular complexity index is 4550. The Balaban J connectivity index is 1.33. The molecule has 374 valence electrons. The van der Waals surface area contributed by atoms with E-state index >= 15 is 0 Å². The van der Waals surface area contributed by atoms with Crippen molar-refractivity contribution < 1.29 is 0 Å². The van der Waals surface area contributed by atoms with Crippen molar-refractivity contribution in [1.82, 2.24) is 54.8 Å². The minimum atomic E-state index is 0.244. The molecule has 0 aliphatic heterocycles. The third-order valence-electron chi connectivity index (χ3n) is 13.2. The van der Waals surface area contributed by atoms with Crippen molar-refractivity contribution in [2.24, 2.45) is 0 Å². The van der Waals surface area contributed by atoms with E-state index in [2.05, 4.69) is 79.6 Å². The van der Waals surface area contributed by atoms with Gasteiger partial charge in [-0.3, -0.25) is 4.98 Å². The summed E-state index contributed by atoms with van der Waals surface area (Å²) in [6.07, 6.45) is 5.49. The predicted molar refractivity (Wildman–Crippen MR) is 328 cm³/mol. The van der Waals surface area contributed by atoms with Crippen LogP contribution in [0.4, 0.5) is 0 Å². The zero-order valence-corrected chi connectivity index (χ0v) is 49.8.